The van der Waals surface area contributed by atoms with Gasteiger partial charge in [-0.1, -0.05) is 48.5 Å². The van der Waals surface area contributed by atoms with E-state index in [2.05, 4.69) is 5.32 Å². The molecule has 0 spiro atoms. The first-order valence-electron chi connectivity index (χ1n) is 9.81. The standard InChI is InChI=1S/C22H28FN3O/c1-17(19-8-4-3-5-9-19)24-22(27)18(2)26-14-12-25(13-15-26)16-20-10-6-7-11-21(20)23/h3-11,17-18H,12-16H2,1-2H3,(H,24,27)/p+2/t17-,18+/m1/s1. The molecule has 0 bridgehead atoms. The molecule has 5 heteroatoms. The third-order valence-corrected chi connectivity index (χ3v) is 5.66. The van der Waals surface area contributed by atoms with E-state index in [4.69, 9.17) is 0 Å². The molecular weight excluding hydrogens is 341 g/mol. The number of piperazine rings is 1. The van der Waals surface area contributed by atoms with E-state index in [-0.39, 0.29) is 23.8 Å². The van der Waals surface area contributed by atoms with E-state index in [1.165, 1.54) is 15.9 Å². The summed E-state index contributed by atoms with van der Waals surface area (Å²) >= 11 is 0. The molecule has 0 aliphatic carbocycles. The van der Waals surface area contributed by atoms with Crippen LogP contribution < -0.4 is 15.1 Å². The Morgan fingerprint density at radius 1 is 1.00 bits per heavy atom. The van der Waals surface area contributed by atoms with E-state index >= 15 is 0 Å². The molecule has 4 nitrogen and oxygen atoms in total. The van der Waals surface area contributed by atoms with Crippen LogP contribution >= 0.6 is 0 Å². The van der Waals surface area contributed by atoms with Crippen LogP contribution in [0.2, 0.25) is 0 Å². The van der Waals surface area contributed by atoms with Gasteiger partial charge < -0.3 is 15.1 Å². The fraction of sp³-hybridized carbons (Fsp3) is 0.409. The maximum Gasteiger partial charge on any atom is 0.278 e. The van der Waals surface area contributed by atoms with Crippen LogP contribution in [-0.4, -0.2) is 38.1 Å². The Balaban J connectivity index is 1.48. The van der Waals surface area contributed by atoms with Crippen LogP contribution in [0.15, 0.2) is 54.6 Å². The third-order valence-electron chi connectivity index (χ3n) is 5.66. The molecule has 0 radical (unpaired) electrons. The molecule has 144 valence electrons. The Morgan fingerprint density at radius 2 is 1.63 bits per heavy atom. The number of quaternary nitrogens is 2. The lowest BCUT2D eigenvalue weighted by Gasteiger charge is -2.33. The summed E-state index contributed by atoms with van der Waals surface area (Å²) in [5, 5.41) is 3.14. The first-order chi connectivity index (χ1) is 13.0. The molecule has 0 saturated carbocycles. The van der Waals surface area contributed by atoms with Gasteiger partial charge in [-0.25, -0.2) is 4.39 Å². The second-order valence-electron chi connectivity index (χ2n) is 7.54. The summed E-state index contributed by atoms with van der Waals surface area (Å²) in [7, 11) is 0. The number of nitrogens with one attached hydrogen (secondary N) is 3. The van der Waals surface area contributed by atoms with Crippen molar-refractivity contribution in [2.75, 3.05) is 26.2 Å². The van der Waals surface area contributed by atoms with Gasteiger partial charge in [0.05, 0.1) is 6.04 Å². The molecule has 1 aliphatic heterocycles. The van der Waals surface area contributed by atoms with Crippen molar-refractivity contribution in [2.45, 2.75) is 32.5 Å². The fourth-order valence-electron chi connectivity index (χ4n) is 3.79. The summed E-state index contributed by atoms with van der Waals surface area (Å²) in [6.45, 7) is 8.50. The molecule has 2 atom stereocenters. The van der Waals surface area contributed by atoms with Crippen LogP contribution in [0.3, 0.4) is 0 Å². The molecule has 1 heterocycles. The van der Waals surface area contributed by atoms with Gasteiger partial charge in [-0.05, 0) is 25.5 Å². The number of carbonyl (C=O) groups excluding carboxylic acids is 1. The summed E-state index contributed by atoms with van der Waals surface area (Å²) in [5.74, 6) is -0.0265. The number of carbonyl (C=O) groups is 1. The second kappa shape index (κ2) is 9.11. The van der Waals surface area contributed by atoms with Crippen LogP contribution in [0.1, 0.15) is 31.0 Å². The van der Waals surface area contributed by atoms with Crippen molar-refractivity contribution in [3.63, 3.8) is 0 Å². The topological polar surface area (TPSA) is 38.0 Å². The highest BCUT2D eigenvalue weighted by atomic mass is 19.1. The smallest absolute Gasteiger partial charge is 0.278 e. The molecule has 1 saturated heterocycles. The van der Waals surface area contributed by atoms with Crippen molar-refractivity contribution in [3.8, 4) is 0 Å². The number of hydrogen-bond acceptors (Lipinski definition) is 1. The van der Waals surface area contributed by atoms with Gasteiger partial charge in [-0.2, -0.15) is 0 Å². The zero-order valence-corrected chi connectivity index (χ0v) is 16.2. The van der Waals surface area contributed by atoms with E-state index in [0.717, 1.165) is 37.3 Å². The van der Waals surface area contributed by atoms with E-state index in [0.29, 0.717) is 6.54 Å². The van der Waals surface area contributed by atoms with E-state index < -0.39 is 0 Å². The minimum Gasteiger partial charge on any atom is -0.344 e. The third kappa shape index (κ3) is 5.15. The van der Waals surface area contributed by atoms with Gasteiger partial charge in [-0.3, -0.25) is 4.79 Å². The quantitative estimate of drug-likeness (QED) is 0.675. The highest BCUT2D eigenvalue weighted by Crippen LogP contribution is 2.10. The number of benzene rings is 2. The van der Waals surface area contributed by atoms with Crippen LogP contribution in [0.4, 0.5) is 4.39 Å². The summed E-state index contributed by atoms with van der Waals surface area (Å²) in [6.07, 6.45) is 0. The lowest BCUT2D eigenvalue weighted by molar-refractivity contribution is -1.02. The zero-order chi connectivity index (χ0) is 19.2. The SMILES string of the molecule is C[C@@H](NC(=O)[C@H](C)[NH+]1CC[NH+](Cc2ccccc2F)CC1)c1ccccc1. The zero-order valence-electron chi connectivity index (χ0n) is 16.2. The average Bonchev–Trinajstić information content (AvgIpc) is 2.70. The lowest BCUT2D eigenvalue weighted by atomic mass is 10.1. The van der Waals surface area contributed by atoms with Crippen molar-refractivity contribution >= 4 is 5.91 Å². The Kier molecular flexibility index (Phi) is 6.58. The first kappa shape index (κ1) is 19.5. The Morgan fingerprint density at radius 3 is 2.30 bits per heavy atom. The summed E-state index contributed by atoms with van der Waals surface area (Å²) in [5.41, 5.74) is 1.89. The van der Waals surface area contributed by atoms with Crippen molar-refractivity contribution < 1.29 is 19.0 Å². The number of amides is 1. The number of halogens is 1. The largest absolute Gasteiger partial charge is 0.344 e. The van der Waals surface area contributed by atoms with Gasteiger partial charge in [0.15, 0.2) is 6.04 Å². The molecular formula is C22H30FN3O+2. The molecule has 3 N–H and O–H groups in total. The monoisotopic (exact) mass is 371 g/mol. The molecule has 27 heavy (non-hydrogen) atoms. The van der Waals surface area contributed by atoms with Crippen molar-refractivity contribution in [1.29, 1.82) is 0 Å². The van der Waals surface area contributed by atoms with Gasteiger partial charge in [0.2, 0.25) is 0 Å². The molecule has 1 aliphatic rings. The molecule has 0 aromatic heterocycles. The average molecular weight is 372 g/mol. The predicted octanol–water partition coefficient (Wildman–Crippen LogP) is 0.375. The minimum absolute atomic E-state index is 0.00789. The summed E-state index contributed by atoms with van der Waals surface area (Å²) in [4.78, 5) is 15.3. The van der Waals surface area contributed by atoms with Gasteiger partial charge in [0.25, 0.3) is 5.91 Å². The molecule has 3 rings (SSSR count). The second-order valence-corrected chi connectivity index (χ2v) is 7.54. The van der Waals surface area contributed by atoms with Crippen LogP contribution in [-0.2, 0) is 11.3 Å². The summed E-state index contributed by atoms with van der Waals surface area (Å²) < 4.78 is 13.8. The molecule has 1 amide bonds. The van der Waals surface area contributed by atoms with Crippen LogP contribution in [0, 0.1) is 5.82 Å². The maximum absolute atomic E-state index is 13.8. The van der Waals surface area contributed by atoms with Gasteiger partial charge >= 0.3 is 0 Å². The molecule has 2 aromatic carbocycles. The van der Waals surface area contributed by atoms with Crippen molar-refractivity contribution in [3.05, 3.63) is 71.5 Å². The van der Waals surface area contributed by atoms with E-state index in [1.54, 1.807) is 6.07 Å². The molecule has 2 aromatic rings. The van der Waals surface area contributed by atoms with Crippen LogP contribution in [0.5, 0.6) is 0 Å². The minimum atomic E-state index is -0.123. The van der Waals surface area contributed by atoms with E-state index in [9.17, 15) is 9.18 Å². The fourth-order valence-corrected chi connectivity index (χ4v) is 3.79. The van der Waals surface area contributed by atoms with Gasteiger partial charge in [-0.15, -0.1) is 0 Å². The van der Waals surface area contributed by atoms with Gasteiger partial charge in [0, 0.05) is 5.56 Å². The Hall–Kier alpha value is -2.24. The lowest BCUT2D eigenvalue weighted by Crippen LogP contribution is -3.29. The Bertz CT molecular complexity index is 744. The van der Waals surface area contributed by atoms with E-state index in [1.807, 2.05) is 56.3 Å². The Labute approximate surface area is 161 Å². The highest BCUT2D eigenvalue weighted by Gasteiger charge is 2.31. The first-order valence-corrected chi connectivity index (χ1v) is 9.81. The maximum atomic E-state index is 13.8. The number of hydrogen-bond donors (Lipinski definition) is 3. The molecule has 1 fully saturated rings. The molecule has 0 unspecified atom stereocenters. The van der Waals surface area contributed by atoms with Crippen molar-refractivity contribution in [1.82, 2.24) is 5.32 Å². The van der Waals surface area contributed by atoms with Gasteiger partial charge in [0.1, 0.15) is 38.5 Å². The number of rotatable bonds is 6. The summed E-state index contributed by atoms with van der Waals surface area (Å²) in [6, 6.07) is 17.0. The normalized spacial score (nSPS) is 22.0. The van der Waals surface area contributed by atoms with Crippen LogP contribution in [0.25, 0.3) is 0 Å². The predicted molar refractivity (Wildman–Crippen MR) is 104 cm³/mol. The van der Waals surface area contributed by atoms with Crippen molar-refractivity contribution in [2.24, 2.45) is 0 Å². The highest BCUT2D eigenvalue weighted by molar-refractivity contribution is 5.80.